The van der Waals surface area contributed by atoms with Crippen molar-refractivity contribution in [2.75, 3.05) is 17.2 Å². The van der Waals surface area contributed by atoms with Crippen LogP contribution in [0.3, 0.4) is 0 Å². The van der Waals surface area contributed by atoms with Gasteiger partial charge in [0.05, 0.1) is 5.75 Å². The standard InChI is InChI=1S/C13H16FNO3S/c1-9-4-3-5-10(2)13(9)15-7-11(6-12(15)16)8-19(14,17)18/h3-5,11H,6-8H2,1-2H3. The van der Waals surface area contributed by atoms with Gasteiger partial charge >= 0.3 is 10.2 Å². The molecule has 1 unspecified atom stereocenters. The summed E-state index contributed by atoms with van der Waals surface area (Å²) in [5.74, 6) is -1.20. The first-order valence-electron chi connectivity index (χ1n) is 6.07. The average molecular weight is 285 g/mol. The largest absolute Gasteiger partial charge is 0.312 e. The fourth-order valence-corrected chi connectivity index (χ4v) is 3.41. The van der Waals surface area contributed by atoms with Gasteiger partial charge < -0.3 is 4.90 Å². The molecule has 1 atom stereocenters. The van der Waals surface area contributed by atoms with E-state index < -0.39 is 21.9 Å². The molecule has 1 aromatic rings. The smallest absolute Gasteiger partial charge is 0.302 e. The lowest BCUT2D eigenvalue weighted by molar-refractivity contribution is -0.117. The number of rotatable bonds is 3. The Kier molecular flexibility index (Phi) is 3.62. The Morgan fingerprint density at radius 1 is 1.32 bits per heavy atom. The number of nitrogens with zero attached hydrogens (tertiary/aromatic N) is 1. The predicted molar refractivity (Wildman–Crippen MR) is 71.3 cm³/mol. The molecule has 1 aromatic carbocycles. The van der Waals surface area contributed by atoms with Crippen LogP contribution in [-0.4, -0.2) is 26.6 Å². The van der Waals surface area contributed by atoms with Crippen LogP contribution in [0.5, 0.6) is 0 Å². The number of carbonyl (C=O) groups is 1. The Hall–Kier alpha value is -1.43. The maximum absolute atomic E-state index is 12.7. The van der Waals surface area contributed by atoms with Gasteiger partial charge in [0.15, 0.2) is 0 Å². The zero-order valence-electron chi connectivity index (χ0n) is 10.9. The molecule has 0 saturated carbocycles. The number of anilines is 1. The summed E-state index contributed by atoms with van der Waals surface area (Å²) >= 11 is 0. The first-order chi connectivity index (χ1) is 8.78. The van der Waals surface area contributed by atoms with Crippen molar-refractivity contribution < 1.29 is 17.1 Å². The number of carbonyl (C=O) groups excluding carboxylic acids is 1. The molecule has 0 aromatic heterocycles. The van der Waals surface area contributed by atoms with E-state index in [1.54, 1.807) is 4.90 Å². The molecule has 6 heteroatoms. The van der Waals surface area contributed by atoms with Gasteiger partial charge in [-0.25, -0.2) is 0 Å². The molecule has 4 nitrogen and oxygen atoms in total. The lowest BCUT2D eigenvalue weighted by Gasteiger charge is -2.21. The molecule has 0 aliphatic carbocycles. The number of amides is 1. The summed E-state index contributed by atoms with van der Waals surface area (Å²) in [5, 5.41) is 0. The van der Waals surface area contributed by atoms with Crippen molar-refractivity contribution in [2.45, 2.75) is 20.3 Å². The van der Waals surface area contributed by atoms with Crippen molar-refractivity contribution in [1.29, 1.82) is 0 Å². The monoisotopic (exact) mass is 285 g/mol. The summed E-state index contributed by atoms with van der Waals surface area (Å²) < 4.78 is 34.0. The summed E-state index contributed by atoms with van der Waals surface area (Å²) in [5.41, 5.74) is 2.72. The Labute approximate surface area is 112 Å². The molecule has 0 spiro atoms. The van der Waals surface area contributed by atoms with Crippen LogP contribution in [0.4, 0.5) is 9.57 Å². The van der Waals surface area contributed by atoms with E-state index in [0.29, 0.717) is 0 Å². The highest BCUT2D eigenvalue weighted by Gasteiger charge is 2.34. The highest BCUT2D eigenvalue weighted by Crippen LogP contribution is 2.31. The predicted octanol–water partition coefficient (Wildman–Crippen LogP) is 1.96. The third kappa shape index (κ3) is 3.12. The number of para-hydroxylation sites is 1. The first-order valence-corrected chi connectivity index (χ1v) is 7.62. The molecule has 1 aliphatic rings. The fourth-order valence-electron chi connectivity index (χ4n) is 2.62. The van der Waals surface area contributed by atoms with Gasteiger partial charge in [-0.2, -0.15) is 8.42 Å². The van der Waals surface area contributed by atoms with E-state index in [0.717, 1.165) is 16.8 Å². The minimum Gasteiger partial charge on any atom is -0.312 e. The maximum Gasteiger partial charge on any atom is 0.302 e. The van der Waals surface area contributed by atoms with Gasteiger partial charge in [0.25, 0.3) is 0 Å². The molecule has 0 radical (unpaired) electrons. The zero-order valence-corrected chi connectivity index (χ0v) is 11.7. The minimum absolute atomic E-state index is 0.0803. The highest BCUT2D eigenvalue weighted by molar-refractivity contribution is 7.86. The molecule has 1 heterocycles. The molecular weight excluding hydrogens is 269 g/mol. The van der Waals surface area contributed by atoms with Gasteiger partial charge in [0.2, 0.25) is 5.91 Å². The average Bonchev–Trinajstić information content (AvgIpc) is 2.56. The zero-order chi connectivity index (χ0) is 14.2. The van der Waals surface area contributed by atoms with E-state index in [-0.39, 0.29) is 18.9 Å². The summed E-state index contributed by atoms with van der Waals surface area (Å²) in [6, 6.07) is 5.70. The minimum atomic E-state index is -4.54. The molecule has 1 amide bonds. The van der Waals surface area contributed by atoms with Crippen molar-refractivity contribution in [3.8, 4) is 0 Å². The molecule has 19 heavy (non-hydrogen) atoms. The molecule has 1 saturated heterocycles. The van der Waals surface area contributed by atoms with Gasteiger partial charge in [-0.1, -0.05) is 18.2 Å². The van der Waals surface area contributed by atoms with Crippen LogP contribution in [0, 0.1) is 19.8 Å². The van der Waals surface area contributed by atoms with E-state index >= 15 is 0 Å². The van der Waals surface area contributed by atoms with E-state index in [2.05, 4.69) is 0 Å². The number of aryl methyl sites for hydroxylation is 2. The Balaban J connectivity index is 2.26. The normalized spacial score (nSPS) is 20.1. The summed E-state index contributed by atoms with van der Waals surface area (Å²) in [7, 11) is -4.54. The number of hydrogen-bond donors (Lipinski definition) is 0. The third-order valence-corrected chi connectivity index (χ3v) is 4.22. The van der Waals surface area contributed by atoms with E-state index in [4.69, 9.17) is 0 Å². The number of hydrogen-bond acceptors (Lipinski definition) is 3. The van der Waals surface area contributed by atoms with Crippen LogP contribution in [0.15, 0.2) is 18.2 Å². The number of halogens is 1. The van der Waals surface area contributed by atoms with Crippen molar-refractivity contribution in [3.05, 3.63) is 29.3 Å². The molecular formula is C13H16FNO3S. The second kappa shape index (κ2) is 4.92. The summed E-state index contributed by atoms with van der Waals surface area (Å²) in [6.45, 7) is 4.05. The number of benzene rings is 1. The van der Waals surface area contributed by atoms with Crippen molar-refractivity contribution in [1.82, 2.24) is 0 Å². The van der Waals surface area contributed by atoms with Gasteiger partial charge in [-0.3, -0.25) is 4.79 Å². The SMILES string of the molecule is Cc1cccc(C)c1N1CC(CS(=O)(=O)F)CC1=O. The highest BCUT2D eigenvalue weighted by atomic mass is 32.3. The second-order valence-corrected chi connectivity index (χ2v) is 6.43. The molecule has 104 valence electrons. The Morgan fingerprint density at radius 2 is 1.89 bits per heavy atom. The van der Waals surface area contributed by atoms with E-state index in [1.165, 1.54) is 0 Å². The van der Waals surface area contributed by atoms with Crippen molar-refractivity contribution in [2.24, 2.45) is 5.92 Å². The Morgan fingerprint density at radius 3 is 2.42 bits per heavy atom. The lowest BCUT2D eigenvalue weighted by atomic mass is 10.1. The van der Waals surface area contributed by atoms with Crippen LogP contribution in [-0.2, 0) is 15.0 Å². The molecule has 1 aliphatic heterocycles. The second-order valence-electron chi connectivity index (χ2n) is 5.02. The molecule has 2 rings (SSSR count). The van der Waals surface area contributed by atoms with Gasteiger partial charge in [0, 0.05) is 24.6 Å². The molecule has 0 bridgehead atoms. The van der Waals surface area contributed by atoms with Gasteiger partial charge in [-0.15, -0.1) is 3.89 Å². The lowest BCUT2D eigenvalue weighted by Crippen LogP contribution is -2.26. The first kappa shape index (κ1) is 14.0. The quantitative estimate of drug-likeness (QED) is 0.798. The van der Waals surface area contributed by atoms with E-state index in [9.17, 15) is 17.1 Å². The van der Waals surface area contributed by atoms with Crippen molar-refractivity contribution in [3.63, 3.8) is 0 Å². The van der Waals surface area contributed by atoms with Gasteiger partial charge in [0.1, 0.15) is 0 Å². The van der Waals surface area contributed by atoms with Crippen LogP contribution >= 0.6 is 0 Å². The van der Waals surface area contributed by atoms with Crippen LogP contribution in [0.25, 0.3) is 0 Å². The molecule has 1 fully saturated rings. The summed E-state index contributed by atoms with van der Waals surface area (Å²) in [4.78, 5) is 13.6. The van der Waals surface area contributed by atoms with E-state index in [1.807, 2.05) is 32.0 Å². The topological polar surface area (TPSA) is 54.5 Å². The van der Waals surface area contributed by atoms with Crippen LogP contribution < -0.4 is 4.90 Å². The van der Waals surface area contributed by atoms with Crippen LogP contribution in [0.2, 0.25) is 0 Å². The summed E-state index contributed by atoms with van der Waals surface area (Å²) in [6.07, 6.45) is 0.0803. The maximum atomic E-state index is 12.7. The fraction of sp³-hybridized carbons (Fsp3) is 0.462. The molecule has 0 N–H and O–H groups in total. The third-order valence-electron chi connectivity index (χ3n) is 3.35. The Bertz CT molecular complexity index is 592. The van der Waals surface area contributed by atoms with Gasteiger partial charge in [-0.05, 0) is 25.0 Å². The van der Waals surface area contributed by atoms with Crippen LogP contribution in [0.1, 0.15) is 17.5 Å². The van der Waals surface area contributed by atoms with Crippen molar-refractivity contribution >= 4 is 21.8 Å².